The minimum Gasteiger partial charge on any atom is -0.466 e. The number of rotatable bonds is 6. The van der Waals surface area contributed by atoms with E-state index in [9.17, 15) is 9.59 Å². The lowest BCUT2D eigenvalue weighted by atomic mass is 9.96. The molecule has 1 fully saturated rings. The molecule has 7 heteroatoms. The van der Waals surface area contributed by atoms with Crippen LogP contribution in [0.3, 0.4) is 0 Å². The second-order valence-electron chi connectivity index (χ2n) is 9.16. The maximum atomic E-state index is 13.4. The van der Waals surface area contributed by atoms with Crippen molar-refractivity contribution in [2.75, 3.05) is 26.2 Å². The molecule has 1 atom stereocenters. The van der Waals surface area contributed by atoms with Gasteiger partial charge >= 0.3 is 5.97 Å². The SMILES string of the molecule is CCOC(=O)C1CCN(CC(=O)N2N=C(c3ccc(C)c(C)c3)C[C@@H]2c2ccc(Cl)cc2)CC1. The van der Waals surface area contributed by atoms with Crippen molar-refractivity contribution in [1.82, 2.24) is 9.91 Å². The summed E-state index contributed by atoms with van der Waals surface area (Å²) < 4.78 is 5.16. The number of ether oxygens (including phenoxy) is 1. The number of carbonyl (C=O) groups excluding carboxylic acids is 2. The Balaban J connectivity index is 1.50. The third-order valence-electron chi connectivity index (χ3n) is 6.83. The number of esters is 1. The van der Waals surface area contributed by atoms with Gasteiger partial charge in [0.2, 0.25) is 0 Å². The highest BCUT2D eigenvalue weighted by Crippen LogP contribution is 2.34. The highest BCUT2D eigenvalue weighted by Gasteiger charge is 2.35. The molecule has 0 unspecified atom stereocenters. The van der Waals surface area contributed by atoms with Crippen LogP contribution in [0.1, 0.15) is 54.5 Å². The van der Waals surface area contributed by atoms with Crippen LogP contribution >= 0.6 is 11.6 Å². The van der Waals surface area contributed by atoms with E-state index in [0.717, 1.165) is 16.8 Å². The molecule has 2 aliphatic rings. The van der Waals surface area contributed by atoms with Gasteiger partial charge in [-0.3, -0.25) is 14.5 Å². The molecule has 0 bridgehead atoms. The van der Waals surface area contributed by atoms with Crippen molar-refractivity contribution >= 4 is 29.2 Å². The minimum absolute atomic E-state index is 0.0339. The normalized spacial score (nSPS) is 19.2. The molecule has 1 amide bonds. The summed E-state index contributed by atoms with van der Waals surface area (Å²) in [6.07, 6.45) is 2.08. The number of hydrogen-bond acceptors (Lipinski definition) is 5. The van der Waals surface area contributed by atoms with Gasteiger partial charge in [0.05, 0.1) is 30.8 Å². The van der Waals surface area contributed by atoms with E-state index in [1.54, 1.807) is 5.01 Å². The van der Waals surface area contributed by atoms with Gasteiger partial charge in [0.15, 0.2) is 0 Å². The van der Waals surface area contributed by atoms with E-state index in [2.05, 4.69) is 36.9 Å². The Bertz CT molecular complexity index is 1080. The molecule has 1 saturated heterocycles. The number of likely N-dealkylation sites (tertiary alicyclic amines) is 1. The Morgan fingerprint density at radius 3 is 2.41 bits per heavy atom. The summed E-state index contributed by atoms with van der Waals surface area (Å²) in [7, 11) is 0. The zero-order valence-corrected chi connectivity index (χ0v) is 20.8. The summed E-state index contributed by atoms with van der Waals surface area (Å²) in [6, 6.07) is 13.8. The third kappa shape index (κ3) is 5.50. The molecule has 2 aliphatic heterocycles. The van der Waals surface area contributed by atoms with Crippen molar-refractivity contribution in [3.63, 3.8) is 0 Å². The molecule has 6 nitrogen and oxygen atoms in total. The fourth-order valence-electron chi connectivity index (χ4n) is 4.63. The molecule has 0 N–H and O–H groups in total. The summed E-state index contributed by atoms with van der Waals surface area (Å²) in [4.78, 5) is 27.6. The summed E-state index contributed by atoms with van der Waals surface area (Å²) >= 11 is 6.11. The lowest BCUT2D eigenvalue weighted by Crippen LogP contribution is -2.43. The number of carbonyl (C=O) groups is 2. The van der Waals surface area contributed by atoms with E-state index in [0.29, 0.717) is 44.0 Å². The number of benzene rings is 2. The quantitative estimate of drug-likeness (QED) is 0.550. The summed E-state index contributed by atoms with van der Waals surface area (Å²) in [5.41, 5.74) is 5.42. The van der Waals surface area contributed by atoms with Crippen molar-refractivity contribution in [2.24, 2.45) is 11.0 Å². The van der Waals surface area contributed by atoms with Gasteiger partial charge in [0.1, 0.15) is 0 Å². The average molecular weight is 482 g/mol. The zero-order valence-electron chi connectivity index (χ0n) is 20.1. The zero-order chi connectivity index (χ0) is 24.2. The van der Waals surface area contributed by atoms with E-state index in [4.69, 9.17) is 21.4 Å². The monoisotopic (exact) mass is 481 g/mol. The molecule has 0 saturated carbocycles. The van der Waals surface area contributed by atoms with Gasteiger partial charge in [-0.2, -0.15) is 5.10 Å². The Labute approximate surface area is 206 Å². The maximum absolute atomic E-state index is 13.4. The van der Waals surface area contributed by atoms with Gasteiger partial charge in [0, 0.05) is 11.4 Å². The van der Waals surface area contributed by atoms with Crippen molar-refractivity contribution in [3.8, 4) is 0 Å². The Kier molecular flexibility index (Phi) is 7.69. The van der Waals surface area contributed by atoms with Gasteiger partial charge in [-0.05, 0) is 87.2 Å². The van der Waals surface area contributed by atoms with Crippen LogP contribution in [0.4, 0.5) is 0 Å². The molecule has 4 rings (SSSR count). The topological polar surface area (TPSA) is 62.2 Å². The van der Waals surface area contributed by atoms with Crippen LogP contribution in [0.2, 0.25) is 5.02 Å². The molecule has 2 heterocycles. The van der Waals surface area contributed by atoms with Gasteiger partial charge in [-0.15, -0.1) is 0 Å². The molecule has 0 aromatic heterocycles. The van der Waals surface area contributed by atoms with Crippen LogP contribution in [0.5, 0.6) is 0 Å². The van der Waals surface area contributed by atoms with Gasteiger partial charge in [-0.25, -0.2) is 5.01 Å². The number of halogens is 1. The molecule has 0 spiro atoms. The first-order chi connectivity index (χ1) is 16.4. The molecule has 2 aromatic carbocycles. The summed E-state index contributed by atoms with van der Waals surface area (Å²) in [6.45, 7) is 8.08. The molecular formula is C27H32ClN3O3. The van der Waals surface area contributed by atoms with Crippen LogP contribution in [0.15, 0.2) is 47.6 Å². The molecule has 0 radical (unpaired) electrons. The highest BCUT2D eigenvalue weighted by molar-refractivity contribution is 6.30. The first-order valence-corrected chi connectivity index (χ1v) is 12.3. The van der Waals surface area contributed by atoms with Crippen LogP contribution in [0, 0.1) is 19.8 Å². The maximum Gasteiger partial charge on any atom is 0.309 e. The molecule has 34 heavy (non-hydrogen) atoms. The fourth-order valence-corrected chi connectivity index (χ4v) is 4.76. The predicted octanol–water partition coefficient (Wildman–Crippen LogP) is 4.91. The number of hydrogen-bond donors (Lipinski definition) is 0. The van der Waals surface area contributed by atoms with Crippen molar-refractivity contribution < 1.29 is 14.3 Å². The third-order valence-corrected chi connectivity index (χ3v) is 7.08. The van der Waals surface area contributed by atoms with Crippen LogP contribution in [-0.2, 0) is 14.3 Å². The van der Waals surface area contributed by atoms with Crippen LogP contribution < -0.4 is 0 Å². The van der Waals surface area contributed by atoms with E-state index < -0.39 is 0 Å². The predicted molar refractivity (Wildman–Crippen MR) is 134 cm³/mol. The lowest BCUT2D eigenvalue weighted by molar-refractivity contribution is -0.149. The second-order valence-corrected chi connectivity index (χ2v) is 9.59. The van der Waals surface area contributed by atoms with Crippen LogP contribution in [-0.4, -0.2) is 53.7 Å². The van der Waals surface area contributed by atoms with E-state index in [1.165, 1.54) is 11.1 Å². The number of hydrazone groups is 1. The Hall–Kier alpha value is -2.70. The number of nitrogens with zero attached hydrogens (tertiary/aromatic N) is 3. The highest BCUT2D eigenvalue weighted by atomic mass is 35.5. The first-order valence-electron chi connectivity index (χ1n) is 12.0. The van der Waals surface area contributed by atoms with Crippen molar-refractivity contribution in [3.05, 3.63) is 69.7 Å². The number of piperidine rings is 1. The van der Waals surface area contributed by atoms with Crippen molar-refractivity contribution in [2.45, 2.75) is 46.1 Å². The first kappa shape index (κ1) is 24.4. The second kappa shape index (κ2) is 10.7. The largest absolute Gasteiger partial charge is 0.466 e. The van der Waals surface area contributed by atoms with Crippen LogP contribution in [0.25, 0.3) is 0 Å². The summed E-state index contributed by atoms with van der Waals surface area (Å²) in [5.74, 6) is -0.235. The van der Waals surface area contributed by atoms with E-state index in [1.807, 2.05) is 31.2 Å². The molecule has 180 valence electrons. The minimum atomic E-state index is -0.168. The van der Waals surface area contributed by atoms with Gasteiger partial charge in [0.25, 0.3) is 5.91 Å². The molecule has 2 aromatic rings. The van der Waals surface area contributed by atoms with Crippen molar-refractivity contribution in [1.29, 1.82) is 0 Å². The molecule has 0 aliphatic carbocycles. The van der Waals surface area contributed by atoms with E-state index >= 15 is 0 Å². The van der Waals surface area contributed by atoms with Gasteiger partial charge < -0.3 is 4.74 Å². The molecular weight excluding hydrogens is 450 g/mol. The lowest BCUT2D eigenvalue weighted by Gasteiger charge is -2.31. The standard InChI is InChI=1S/C27H32ClN3O3/c1-4-34-27(33)21-11-13-30(14-12-21)17-26(32)31-25(20-7-9-23(28)10-8-20)16-24(29-31)22-6-5-18(2)19(3)15-22/h5-10,15,21,25H,4,11-14,16-17H2,1-3H3/t25-/m1/s1. The van der Waals surface area contributed by atoms with E-state index in [-0.39, 0.29) is 30.4 Å². The number of aryl methyl sites for hydroxylation is 2. The van der Waals surface area contributed by atoms with Gasteiger partial charge in [-0.1, -0.05) is 35.9 Å². The Morgan fingerprint density at radius 2 is 1.76 bits per heavy atom. The average Bonchev–Trinajstić information content (AvgIpc) is 3.28. The summed E-state index contributed by atoms with van der Waals surface area (Å²) in [5, 5.41) is 7.12. The smallest absolute Gasteiger partial charge is 0.309 e. The Morgan fingerprint density at radius 1 is 1.06 bits per heavy atom. The number of amides is 1. The fraction of sp³-hybridized carbons (Fsp3) is 0.444.